The molecule has 28 heavy (non-hydrogen) atoms. The summed E-state index contributed by atoms with van der Waals surface area (Å²) in [7, 11) is 0. The summed E-state index contributed by atoms with van der Waals surface area (Å²) in [4.78, 5) is 25.4. The van der Waals surface area contributed by atoms with Crippen molar-refractivity contribution in [2.75, 3.05) is 39.3 Å². The maximum absolute atomic E-state index is 12.6. The van der Waals surface area contributed by atoms with Gasteiger partial charge in [-0.2, -0.15) is 0 Å². The Bertz CT molecular complexity index is 627. The number of carboxylic acid groups (broad SMARTS) is 1. The molecule has 0 spiro atoms. The second kappa shape index (κ2) is 12.3. The Morgan fingerprint density at radius 1 is 1.18 bits per heavy atom. The average Bonchev–Trinajstić information content (AvgIpc) is 3.15. The molecule has 2 aliphatic heterocycles. The van der Waals surface area contributed by atoms with Crippen molar-refractivity contribution in [2.24, 2.45) is 0 Å². The smallest absolute Gasteiger partial charge is 0.290 e. The first-order valence-corrected chi connectivity index (χ1v) is 10.1. The molecule has 0 aliphatic carbocycles. The van der Waals surface area contributed by atoms with Crippen LogP contribution in [0, 0.1) is 0 Å². The molecule has 2 aliphatic rings. The van der Waals surface area contributed by atoms with Gasteiger partial charge in [0.05, 0.1) is 0 Å². The molecule has 0 radical (unpaired) electrons. The minimum atomic E-state index is -0.250. The Hall–Kier alpha value is -2.18. The van der Waals surface area contributed by atoms with Crippen molar-refractivity contribution >= 4 is 18.0 Å². The monoisotopic (exact) mass is 388 g/mol. The summed E-state index contributed by atoms with van der Waals surface area (Å²) in [5, 5.41) is 6.89. The Kier molecular flexibility index (Phi) is 9.72. The second-order valence-electron chi connectivity index (χ2n) is 7.07. The predicted octanol–water partition coefficient (Wildman–Crippen LogP) is 2.89. The molecule has 2 heterocycles. The van der Waals surface area contributed by atoms with Crippen molar-refractivity contribution in [2.45, 2.75) is 38.7 Å². The third-order valence-corrected chi connectivity index (χ3v) is 5.09. The fourth-order valence-corrected chi connectivity index (χ4v) is 3.74. The van der Waals surface area contributed by atoms with Crippen LogP contribution < -0.4 is 0 Å². The minimum absolute atomic E-state index is 0.189. The van der Waals surface area contributed by atoms with Crippen molar-refractivity contribution in [3.63, 3.8) is 0 Å². The molecule has 154 valence electrons. The van der Waals surface area contributed by atoms with Gasteiger partial charge in [0.1, 0.15) is 6.10 Å². The summed E-state index contributed by atoms with van der Waals surface area (Å²) in [5.74, 6) is 0.201. The number of benzene rings is 1. The third kappa shape index (κ3) is 6.77. The van der Waals surface area contributed by atoms with E-state index in [1.54, 1.807) is 0 Å². The number of nitrogens with zero attached hydrogens (tertiary/aromatic N) is 2. The third-order valence-electron chi connectivity index (χ3n) is 5.09. The van der Waals surface area contributed by atoms with Gasteiger partial charge in [0.2, 0.25) is 0 Å². The van der Waals surface area contributed by atoms with Gasteiger partial charge in [-0.25, -0.2) is 0 Å². The summed E-state index contributed by atoms with van der Waals surface area (Å²) in [6.07, 6.45) is 6.12. The van der Waals surface area contributed by atoms with E-state index in [1.165, 1.54) is 11.1 Å². The van der Waals surface area contributed by atoms with Gasteiger partial charge in [-0.05, 0) is 36.8 Å². The van der Waals surface area contributed by atoms with Crippen molar-refractivity contribution in [1.82, 2.24) is 9.80 Å². The normalized spacial score (nSPS) is 20.8. The molecule has 1 aromatic carbocycles. The Morgan fingerprint density at radius 2 is 1.93 bits per heavy atom. The molecule has 6 heteroatoms. The van der Waals surface area contributed by atoms with E-state index in [-0.39, 0.29) is 18.5 Å². The molecule has 0 bridgehead atoms. The highest BCUT2D eigenvalue weighted by atomic mass is 16.5. The van der Waals surface area contributed by atoms with E-state index in [2.05, 4.69) is 48.2 Å². The van der Waals surface area contributed by atoms with Gasteiger partial charge in [-0.3, -0.25) is 14.5 Å². The van der Waals surface area contributed by atoms with Crippen LogP contribution in [0.2, 0.25) is 0 Å². The van der Waals surface area contributed by atoms with Gasteiger partial charge < -0.3 is 14.7 Å². The van der Waals surface area contributed by atoms with Gasteiger partial charge in [0.25, 0.3) is 12.4 Å². The topological polar surface area (TPSA) is 70.1 Å². The lowest BCUT2D eigenvalue weighted by Gasteiger charge is -2.24. The number of allylic oxidation sites excluding steroid dienone is 1. The molecule has 3 rings (SSSR count). The molecular formula is C22H32N2O4. The van der Waals surface area contributed by atoms with E-state index in [1.807, 2.05) is 4.90 Å². The van der Waals surface area contributed by atoms with E-state index < -0.39 is 0 Å². The summed E-state index contributed by atoms with van der Waals surface area (Å²) in [6, 6.07) is 10.6. The molecule has 2 saturated heterocycles. The number of carbonyl (C=O) groups is 2. The first-order chi connectivity index (χ1) is 13.7. The first kappa shape index (κ1) is 22.1. The molecule has 1 aromatic rings. The maximum atomic E-state index is 12.6. The van der Waals surface area contributed by atoms with Gasteiger partial charge in [-0.15, -0.1) is 0 Å². The van der Waals surface area contributed by atoms with E-state index >= 15 is 0 Å². The van der Waals surface area contributed by atoms with Crippen molar-refractivity contribution in [3.05, 3.63) is 42.0 Å². The van der Waals surface area contributed by atoms with Crippen molar-refractivity contribution in [1.29, 1.82) is 0 Å². The summed E-state index contributed by atoms with van der Waals surface area (Å²) in [5.41, 5.74) is 2.70. The quantitative estimate of drug-likeness (QED) is 0.786. The van der Waals surface area contributed by atoms with E-state index in [9.17, 15) is 4.79 Å². The maximum Gasteiger partial charge on any atom is 0.290 e. The predicted molar refractivity (Wildman–Crippen MR) is 110 cm³/mol. The molecule has 1 atom stereocenters. The largest absolute Gasteiger partial charge is 0.483 e. The highest BCUT2D eigenvalue weighted by Gasteiger charge is 2.29. The van der Waals surface area contributed by atoms with Crippen LogP contribution in [0.25, 0.3) is 5.57 Å². The number of ether oxygens (including phenoxy) is 1. The van der Waals surface area contributed by atoms with Crippen LogP contribution in [-0.2, 0) is 14.3 Å². The molecular weight excluding hydrogens is 356 g/mol. The molecule has 0 aromatic heterocycles. The fraction of sp³-hybridized carbons (Fsp3) is 0.545. The number of hydrogen-bond acceptors (Lipinski definition) is 4. The van der Waals surface area contributed by atoms with E-state index in [0.717, 1.165) is 65.0 Å². The first-order valence-electron chi connectivity index (χ1n) is 10.1. The summed E-state index contributed by atoms with van der Waals surface area (Å²) in [6.45, 7) is 7.28. The Morgan fingerprint density at radius 3 is 2.57 bits per heavy atom. The molecule has 1 unspecified atom stereocenters. The standard InChI is InChI=1S/C21H30N2O2.CH2O2/c1-2-8-19(18-9-4-3-5-10-18)17-22-12-7-13-23(15-14-22)21(24)20-11-6-16-25-20;2-1-3/h3-5,8-10,20H,2,6-7,11-17H2,1H3;1H,(H,2,3)/b19-8-;. The highest BCUT2D eigenvalue weighted by Crippen LogP contribution is 2.19. The zero-order valence-corrected chi connectivity index (χ0v) is 16.8. The molecule has 0 saturated carbocycles. The molecule has 1 N–H and O–H groups in total. The number of rotatable bonds is 5. The number of carbonyl (C=O) groups excluding carboxylic acids is 1. The van der Waals surface area contributed by atoms with Gasteiger partial charge >= 0.3 is 0 Å². The van der Waals surface area contributed by atoms with Gasteiger partial charge in [-0.1, -0.05) is 43.3 Å². The zero-order chi connectivity index (χ0) is 20.2. The van der Waals surface area contributed by atoms with E-state index in [0.29, 0.717) is 0 Å². The zero-order valence-electron chi connectivity index (χ0n) is 16.8. The van der Waals surface area contributed by atoms with Crippen LogP contribution in [0.3, 0.4) is 0 Å². The molecule has 2 fully saturated rings. The Balaban J connectivity index is 0.000000878. The highest BCUT2D eigenvalue weighted by molar-refractivity contribution is 5.81. The lowest BCUT2D eigenvalue weighted by molar-refractivity contribution is -0.140. The summed E-state index contributed by atoms with van der Waals surface area (Å²) < 4.78 is 5.58. The van der Waals surface area contributed by atoms with E-state index in [4.69, 9.17) is 14.6 Å². The number of hydrogen-bond donors (Lipinski definition) is 1. The second-order valence-corrected chi connectivity index (χ2v) is 7.07. The molecule has 1 amide bonds. The van der Waals surface area contributed by atoms with Crippen molar-refractivity contribution < 1.29 is 19.4 Å². The van der Waals surface area contributed by atoms with Gasteiger partial charge in [0, 0.05) is 39.3 Å². The van der Waals surface area contributed by atoms with Crippen molar-refractivity contribution in [3.8, 4) is 0 Å². The van der Waals surface area contributed by atoms with Gasteiger partial charge in [0.15, 0.2) is 0 Å². The van der Waals surface area contributed by atoms with Crippen LogP contribution in [0.4, 0.5) is 0 Å². The Labute approximate surface area is 167 Å². The van der Waals surface area contributed by atoms with Crippen LogP contribution in [0.15, 0.2) is 36.4 Å². The average molecular weight is 389 g/mol. The fourth-order valence-electron chi connectivity index (χ4n) is 3.74. The number of amides is 1. The van der Waals surface area contributed by atoms with Crippen LogP contribution in [0.5, 0.6) is 0 Å². The minimum Gasteiger partial charge on any atom is -0.483 e. The lowest BCUT2D eigenvalue weighted by atomic mass is 10.0. The molecule has 6 nitrogen and oxygen atoms in total. The van der Waals surface area contributed by atoms with Crippen LogP contribution in [-0.4, -0.2) is 72.7 Å². The van der Waals surface area contributed by atoms with Crippen LogP contribution >= 0.6 is 0 Å². The lowest BCUT2D eigenvalue weighted by Crippen LogP contribution is -2.41. The van der Waals surface area contributed by atoms with Crippen LogP contribution in [0.1, 0.15) is 38.2 Å². The summed E-state index contributed by atoms with van der Waals surface area (Å²) >= 11 is 0. The SMILES string of the molecule is CC/C=C(/CN1CCCN(C(=O)C2CCCO2)CC1)c1ccccc1.O=CO.